The topological polar surface area (TPSA) is 50.4 Å². The molecule has 19 heavy (non-hydrogen) atoms. The highest BCUT2D eigenvalue weighted by Gasteiger charge is 2.17. The summed E-state index contributed by atoms with van der Waals surface area (Å²) in [6, 6.07) is 7.74. The first kappa shape index (κ1) is 15.7. The van der Waals surface area contributed by atoms with E-state index < -0.39 is 0 Å². The molecule has 0 bridgehead atoms. The molecule has 0 aliphatic carbocycles. The van der Waals surface area contributed by atoms with Gasteiger partial charge < -0.3 is 15.4 Å². The average Bonchev–Trinajstić information content (AvgIpc) is 2.31. The van der Waals surface area contributed by atoms with E-state index in [-0.39, 0.29) is 18.1 Å². The van der Waals surface area contributed by atoms with Crippen molar-refractivity contribution in [3.8, 4) is 0 Å². The summed E-state index contributed by atoms with van der Waals surface area (Å²) in [6.07, 6.45) is 0. The quantitative estimate of drug-likeness (QED) is 0.794. The number of amides is 1. The van der Waals surface area contributed by atoms with E-state index in [9.17, 15) is 4.79 Å². The number of hydrogen-bond donors (Lipinski definition) is 2. The molecule has 2 N–H and O–H groups in total. The van der Waals surface area contributed by atoms with Crippen LogP contribution in [0, 0.1) is 6.92 Å². The second-order valence-corrected chi connectivity index (χ2v) is 5.16. The van der Waals surface area contributed by atoms with Gasteiger partial charge in [0.05, 0.1) is 12.1 Å². The van der Waals surface area contributed by atoms with Crippen molar-refractivity contribution in [3.05, 3.63) is 29.8 Å². The zero-order valence-electron chi connectivity index (χ0n) is 12.2. The van der Waals surface area contributed by atoms with E-state index in [0.717, 1.165) is 11.3 Å². The highest BCUT2D eigenvalue weighted by Crippen LogP contribution is 2.12. The molecule has 4 heteroatoms. The molecule has 0 saturated heterocycles. The van der Waals surface area contributed by atoms with E-state index in [1.54, 1.807) is 0 Å². The molecule has 0 saturated carbocycles. The molecule has 0 aromatic heterocycles. The summed E-state index contributed by atoms with van der Waals surface area (Å²) in [5.74, 6) is -0.0402. The molecule has 106 valence electrons. The molecule has 1 aromatic rings. The van der Waals surface area contributed by atoms with Crippen molar-refractivity contribution in [3.63, 3.8) is 0 Å². The van der Waals surface area contributed by atoms with Gasteiger partial charge in [0.15, 0.2) is 0 Å². The number of nitrogens with one attached hydrogen (secondary N) is 2. The van der Waals surface area contributed by atoms with Gasteiger partial charge in [-0.2, -0.15) is 0 Å². The Kier molecular flexibility index (Phi) is 5.99. The summed E-state index contributed by atoms with van der Waals surface area (Å²) in [5.41, 5.74) is 1.67. The minimum Gasteiger partial charge on any atom is -0.375 e. The van der Waals surface area contributed by atoms with Crippen LogP contribution in [-0.4, -0.2) is 31.2 Å². The summed E-state index contributed by atoms with van der Waals surface area (Å²) in [6.45, 7) is 9.54. The molecule has 0 spiro atoms. The third-order valence-corrected chi connectivity index (χ3v) is 2.79. The van der Waals surface area contributed by atoms with Crippen molar-refractivity contribution >= 4 is 11.6 Å². The standard InChI is InChI=1S/C15H24N2O2/c1-5-19-15(3,4)11-16-10-14(18)17-13-9-7-6-8-12(13)2/h6-9,16H,5,10-11H2,1-4H3,(H,17,18). The van der Waals surface area contributed by atoms with Gasteiger partial charge in [-0.1, -0.05) is 18.2 Å². The first-order valence-corrected chi connectivity index (χ1v) is 6.65. The lowest BCUT2D eigenvalue weighted by molar-refractivity contribution is -0.115. The molecule has 0 fully saturated rings. The van der Waals surface area contributed by atoms with Gasteiger partial charge in [-0.05, 0) is 39.3 Å². The number of ether oxygens (including phenoxy) is 1. The molecule has 1 aromatic carbocycles. The van der Waals surface area contributed by atoms with Crippen molar-refractivity contribution in [1.82, 2.24) is 5.32 Å². The van der Waals surface area contributed by atoms with E-state index in [1.807, 2.05) is 52.0 Å². The molecule has 0 unspecified atom stereocenters. The van der Waals surface area contributed by atoms with Crippen LogP contribution >= 0.6 is 0 Å². The van der Waals surface area contributed by atoms with Gasteiger partial charge in [0.2, 0.25) is 5.91 Å². The van der Waals surface area contributed by atoms with E-state index in [2.05, 4.69) is 10.6 Å². The Balaban J connectivity index is 2.35. The summed E-state index contributed by atoms with van der Waals surface area (Å²) in [4.78, 5) is 11.8. The number of carbonyl (C=O) groups is 1. The largest absolute Gasteiger partial charge is 0.375 e. The highest BCUT2D eigenvalue weighted by atomic mass is 16.5. The number of para-hydroxylation sites is 1. The van der Waals surface area contributed by atoms with Crippen LogP contribution < -0.4 is 10.6 Å². The third-order valence-electron chi connectivity index (χ3n) is 2.79. The number of rotatable bonds is 7. The normalized spacial score (nSPS) is 11.4. The van der Waals surface area contributed by atoms with E-state index in [0.29, 0.717) is 13.2 Å². The summed E-state index contributed by atoms with van der Waals surface area (Å²) in [5, 5.41) is 6.00. The summed E-state index contributed by atoms with van der Waals surface area (Å²) in [7, 11) is 0. The fourth-order valence-electron chi connectivity index (χ4n) is 1.83. The maximum Gasteiger partial charge on any atom is 0.238 e. The molecular formula is C15H24N2O2. The Morgan fingerprint density at radius 1 is 1.32 bits per heavy atom. The average molecular weight is 264 g/mol. The number of carbonyl (C=O) groups excluding carboxylic acids is 1. The van der Waals surface area contributed by atoms with E-state index in [4.69, 9.17) is 4.74 Å². The van der Waals surface area contributed by atoms with Crippen molar-refractivity contribution in [2.75, 3.05) is 25.0 Å². The van der Waals surface area contributed by atoms with Crippen LogP contribution in [0.2, 0.25) is 0 Å². The SMILES string of the molecule is CCOC(C)(C)CNCC(=O)Nc1ccccc1C. The van der Waals surface area contributed by atoms with Crippen LogP contribution in [0.3, 0.4) is 0 Å². The van der Waals surface area contributed by atoms with Crippen LogP contribution in [0.1, 0.15) is 26.3 Å². The molecule has 4 nitrogen and oxygen atoms in total. The molecule has 0 radical (unpaired) electrons. The van der Waals surface area contributed by atoms with E-state index in [1.165, 1.54) is 0 Å². The van der Waals surface area contributed by atoms with Crippen LogP contribution in [-0.2, 0) is 9.53 Å². The molecule has 1 rings (SSSR count). The van der Waals surface area contributed by atoms with E-state index >= 15 is 0 Å². The Hall–Kier alpha value is -1.39. The maximum atomic E-state index is 11.8. The Bertz CT molecular complexity index is 416. The van der Waals surface area contributed by atoms with Gasteiger partial charge in [-0.25, -0.2) is 0 Å². The minimum atomic E-state index is -0.252. The molecule has 0 heterocycles. The third kappa shape index (κ3) is 5.85. The van der Waals surface area contributed by atoms with Crippen molar-refractivity contribution in [1.29, 1.82) is 0 Å². The fraction of sp³-hybridized carbons (Fsp3) is 0.533. The zero-order chi connectivity index (χ0) is 14.3. The first-order valence-electron chi connectivity index (χ1n) is 6.65. The molecule has 0 atom stereocenters. The Morgan fingerprint density at radius 3 is 2.63 bits per heavy atom. The van der Waals surface area contributed by atoms with Crippen molar-refractivity contribution in [2.45, 2.75) is 33.3 Å². The number of aryl methyl sites for hydroxylation is 1. The van der Waals surface area contributed by atoms with Crippen molar-refractivity contribution < 1.29 is 9.53 Å². The highest BCUT2D eigenvalue weighted by molar-refractivity contribution is 5.92. The smallest absolute Gasteiger partial charge is 0.238 e. The second-order valence-electron chi connectivity index (χ2n) is 5.16. The first-order chi connectivity index (χ1) is 8.94. The second kappa shape index (κ2) is 7.26. The molecule has 1 amide bonds. The van der Waals surface area contributed by atoms with Gasteiger partial charge in [-0.3, -0.25) is 4.79 Å². The monoisotopic (exact) mass is 264 g/mol. The van der Waals surface area contributed by atoms with Crippen LogP contribution in [0.4, 0.5) is 5.69 Å². The van der Waals surface area contributed by atoms with Crippen LogP contribution in [0.15, 0.2) is 24.3 Å². The van der Waals surface area contributed by atoms with Crippen LogP contribution in [0.5, 0.6) is 0 Å². The lowest BCUT2D eigenvalue weighted by Gasteiger charge is -2.24. The van der Waals surface area contributed by atoms with Gasteiger partial charge in [-0.15, -0.1) is 0 Å². The summed E-state index contributed by atoms with van der Waals surface area (Å²) >= 11 is 0. The predicted molar refractivity (Wildman–Crippen MR) is 78.4 cm³/mol. The maximum absolute atomic E-state index is 11.8. The summed E-state index contributed by atoms with van der Waals surface area (Å²) < 4.78 is 5.55. The molecule has 0 aliphatic heterocycles. The minimum absolute atomic E-state index is 0.0402. The van der Waals surface area contributed by atoms with Gasteiger partial charge >= 0.3 is 0 Å². The van der Waals surface area contributed by atoms with Gasteiger partial charge in [0, 0.05) is 18.8 Å². The Labute approximate surface area is 115 Å². The molecular weight excluding hydrogens is 240 g/mol. The van der Waals surface area contributed by atoms with Gasteiger partial charge in [0.25, 0.3) is 0 Å². The number of benzene rings is 1. The molecule has 0 aliphatic rings. The fourth-order valence-corrected chi connectivity index (χ4v) is 1.83. The number of anilines is 1. The lowest BCUT2D eigenvalue weighted by atomic mass is 10.1. The Morgan fingerprint density at radius 2 is 2.00 bits per heavy atom. The van der Waals surface area contributed by atoms with Crippen molar-refractivity contribution in [2.24, 2.45) is 0 Å². The van der Waals surface area contributed by atoms with Crippen LogP contribution in [0.25, 0.3) is 0 Å². The lowest BCUT2D eigenvalue weighted by Crippen LogP contribution is -2.40. The zero-order valence-corrected chi connectivity index (χ0v) is 12.2. The number of hydrogen-bond acceptors (Lipinski definition) is 3. The predicted octanol–water partition coefficient (Wildman–Crippen LogP) is 2.34. The van der Waals surface area contributed by atoms with Gasteiger partial charge in [0.1, 0.15) is 0 Å².